The Morgan fingerprint density at radius 3 is 1.38 bits per heavy atom. The predicted octanol–water partition coefficient (Wildman–Crippen LogP) is 7.47. The molecular weight excluding hydrogens is 302 g/mol. The molecule has 3 saturated carbocycles. The van der Waals surface area contributed by atoms with E-state index in [4.69, 9.17) is 0 Å². The van der Waals surface area contributed by atoms with Crippen LogP contribution in [0.1, 0.15) is 97.3 Å². The van der Waals surface area contributed by atoms with Crippen LogP contribution in [0.15, 0.2) is 0 Å². The molecule has 0 N–H and O–H groups in total. The van der Waals surface area contributed by atoms with Crippen molar-refractivity contribution in [3.05, 3.63) is 0 Å². The molecule has 2 heteroatoms. The Balaban J connectivity index is 1.44. The van der Waals surface area contributed by atoms with Gasteiger partial charge in [-0.1, -0.05) is 52.4 Å². The topological polar surface area (TPSA) is 0 Å². The van der Waals surface area contributed by atoms with Crippen molar-refractivity contribution >= 4 is 0 Å². The van der Waals surface area contributed by atoms with Crippen LogP contribution < -0.4 is 0 Å². The first-order valence-corrected chi connectivity index (χ1v) is 10.8. The maximum Gasteiger partial charge on any atom is 0.253 e. The largest absolute Gasteiger partial charge is 0.253 e. The van der Waals surface area contributed by atoms with Crippen LogP contribution in [0.3, 0.4) is 0 Å². The number of hydrogen-bond donors (Lipinski definition) is 0. The van der Waals surface area contributed by atoms with Gasteiger partial charge in [0.25, 0.3) is 5.92 Å². The van der Waals surface area contributed by atoms with Crippen molar-refractivity contribution in [3.63, 3.8) is 0 Å². The molecule has 0 amide bonds. The summed E-state index contributed by atoms with van der Waals surface area (Å²) in [5.41, 5.74) is 0. The second-order valence-corrected chi connectivity index (χ2v) is 9.71. The molecule has 3 rings (SSSR count). The molecule has 0 aromatic heterocycles. The minimum Gasteiger partial charge on any atom is -0.206 e. The highest BCUT2D eigenvalue weighted by molar-refractivity contribution is 4.90. The molecule has 0 aliphatic heterocycles. The van der Waals surface area contributed by atoms with Crippen molar-refractivity contribution < 1.29 is 8.78 Å². The molecule has 0 nitrogen and oxygen atoms in total. The molecule has 0 saturated heterocycles. The summed E-state index contributed by atoms with van der Waals surface area (Å²) in [5, 5.41) is 0. The van der Waals surface area contributed by atoms with Gasteiger partial charge >= 0.3 is 0 Å². The van der Waals surface area contributed by atoms with Gasteiger partial charge in [0.1, 0.15) is 0 Å². The number of halogens is 2. The lowest BCUT2D eigenvalue weighted by Crippen LogP contribution is -2.40. The summed E-state index contributed by atoms with van der Waals surface area (Å²) < 4.78 is 29.9. The molecule has 140 valence electrons. The Kier molecular flexibility index (Phi) is 6.25. The van der Waals surface area contributed by atoms with Crippen LogP contribution in [-0.2, 0) is 0 Å². The van der Waals surface area contributed by atoms with E-state index in [-0.39, 0.29) is 11.8 Å². The van der Waals surface area contributed by atoms with Crippen molar-refractivity contribution in [1.82, 2.24) is 0 Å². The lowest BCUT2D eigenvalue weighted by atomic mass is 9.69. The Labute approximate surface area is 148 Å². The summed E-state index contributed by atoms with van der Waals surface area (Å²) in [6, 6.07) is 0. The summed E-state index contributed by atoms with van der Waals surface area (Å²) in [5.74, 6) is 0.157. The van der Waals surface area contributed by atoms with E-state index in [2.05, 4.69) is 13.8 Å². The fraction of sp³-hybridized carbons (Fsp3) is 1.00. The van der Waals surface area contributed by atoms with Crippen LogP contribution in [0, 0.1) is 35.5 Å². The third kappa shape index (κ3) is 4.52. The molecule has 0 heterocycles. The summed E-state index contributed by atoms with van der Waals surface area (Å²) in [7, 11) is 0. The third-order valence-electron chi connectivity index (χ3n) is 7.75. The van der Waals surface area contributed by atoms with E-state index < -0.39 is 5.92 Å². The Hall–Kier alpha value is -0.140. The van der Waals surface area contributed by atoms with Gasteiger partial charge in [0.05, 0.1) is 0 Å². The zero-order valence-corrected chi connectivity index (χ0v) is 15.9. The second kappa shape index (κ2) is 8.04. The molecule has 0 radical (unpaired) electrons. The van der Waals surface area contributed by atoms with Crippen molar-refractivity contribution in [1.29, 1.82) is 0 Å². The molecule has 0 atom stereocenters. The third-order valence-corrected chi connectivity index (χ3v) is 7.75. The van der Waals surface area contributed by atoms with E-state index in [0.717, 1.165) is 69.1 Å². The van der Waals surface area contributed by atoms with Gasteiger partial charge in [-0.05, 0) is 68.6 Å². The standard InChI is InChI=1S/C22H38F2/c1-16-3-7-18(8-4-16)15-19-9-13-21(14-10-19)22(23,24)20-11-5-17(2)6-12-20/h16-21H,3-15H2,1-2H3. The van der Waals surface area contributed by atoms with E-state index in [1.165, 1.54) is 32.1 Å². The molecule has 3 aliphatic rings. The molecule has 24 heavy (non-hydrogen) atoms. The normalized spacial score (nSPS) is 42.0. The fourth-order valence-corrected chi connectivity index (χ4v) is 5.80. The molecule has 0 unspecified atom stereocenters. The smallest absolute Gasteiger partial charge is 0.206 e. The molecule has 3 aliphatic carbocycles. The van der Waals surface area contributed by atoms with E-state index in [0.29, 0.717) is 5.92 Å². The van der Waals surface area contributed by atoms with Crippen molar-refractivity contribution in [2.24, 2.45) is 35.5 Å². The first-order chi connectivity index (χ1) is 11.4. The highest BCUT2D eigenvalue weighted by atomic mass is 19.3. The zero-order chi connectivity index (χ0) is 17.2. The second-order valence-electron chi connectivity index (χ2n) is 9.71. The van der Waals surface area contributed by atoms with Crippen LogP contribution in [0.25, 0.3) is 0 Å². The fourth-order valence-electron chi connectivity index (χ4n) is 5.80. The van der Waals surface area contributed by atoms with Crippen LogP contribution in [0.4, 0.5) is 8.78 Å². The summed E-state index contributed by atoms with van der Waals surface area (Å²) >= 11 is 0. The van der Waals surface area contributed by atoms with E-state index in [9.17, 15) is 8.78 Å². The summed E-state index contributed by atoms with van der Waals surface area (Å²) in [6.07, 6.45) is 14.1. The van der Waals surface area contributed by atoms with Crippen molar-refractivity contribution in [3.8, 4) is 0 Å². The minimum atomic E-state index is -2.40. The van der Waals surface area contributed by atoms with Gasteiger partial charge in [0.15, 0.2) is 0 Å². The van der Waals surface area contributed by atoms with Gasteiger partial charge in [-0.2, -0.15) is 0 Å². The predicted molar refractivity (Wildman–Crippen MR) is 97.3 cm³/mol. The van der Waals surface area contributed by atoms with Gasteiger partial charge in [-0.25, -0.2) is 8.78 Å². The number of hydrogen-bond acceptors (Lipinski definition) is 0. The Bertz CT molecular complexity index is 367. The summed E-state index contributed by atoms with van der Waals surface area (Å²) in [6.45, 7) is 4.58. The average Bonchev–Trinajstić information content (AvgIpc) is 2.58. The highest BCUT2D eigenvalue weighted by Crippen LogP contribution is 2.49. The van der Waals surface area contributed by atoms with E-state index in [1.54, 1.807) is 0 Å². The molecule has 0 bridgehead atoms. The van der Waals surface area contributed by atoms with Crippen molar-refractivity contribution in [2.75, 3.05) is 0 Å². The van der Waals surface area contributed by atoms with Crippen LogP contribution in [0.2, 0.25) is 0 Å². The van der Waals surface area contributed by atoms with Gasteiger partial charge in [0.2, 0.25) is 0 Å². The van der Waals surface area contributed by atoms with Gasteiger partial charge in [-0.3, -0.25) is 0 Å². The highest BCUT2D eigenvalue weighted by Gasteiger charge is 2.48. The maximum atomic E-state index is 15.0. The molecule has 0 spiro atoms. The molecule has 0 aromatic carbocycles. The lowest BCUT2D eigenvalue weighted by Gasteiger charge is -2.41. The zero-order valence-electron chi connectivity index (χ0n) is 15.9. The molecular formula is C22H38F2. The van der Waals surface area contributed by atoms with Gasteiger partial charge < -0.3 is 0 Å². The SMILES string of the molecule is CC1CCC(CC2CCC(C(F)(F)C3CCC(C)CC3)CC2)CC1. The quantitative estimate of drug-likeness (QED) is 0.498. The lowest BCUT2D eigenvalue weighted by molar-refractivity contribution is -0.133. The Morgan fingerprint density at radius 1 is 0.583 bits per heavy atom. The van der Waals surface area contributed by atoms with Crippen LogP contribution >= 0.6 is 0 Å². The van der Waals surface area contributed by atoms with Gasteiger partial charge in [-0.15, -0.1) is 0 Å². The maximum absolute atomic E-state index is 15.0. The number of alkyl halides is 2. The monoisotopic (exact) mass is 340 g/mol. The van der Waals surface area contributed by atoms with E-state index >= 15 is 0 Å². The van der Waals surface area contributed by atoms with E-state index in [1.807, 2.05) is 0 Å². The average molecular weight is 341 g/mol. The molecule has 3 fully saturated rings. The first-order valence-electron chi connectivity index (χ1n) is 10.8. The Morgan fingerprint density at radius 2 is 0.917 bits per heavy atom. The van der Waals surface area contributed by atoms with Crippen LogP contribution in [0.5, 0.6) is 0 Å². The number of rotatable bonds is 4. The van der Waals surface area contributed by atoms with Crippen molar-refractivity contribution in [2.45, 2.75) is 103 Å². The van der Waals surface area contributed by atoms with Crippen LogP contribution in [-0.4, -0.2) is 5.92 Å². The van der Waals surface area contributed by atoms with Gasteiger partial charge in [0, 0.05) is 11.8 Å². The minimum absolute atomic E-state index is 0.321. The summed E-state index contributed by atoms with van der Waals surface area (Å²) in [4.78, 5) is 0. The molecule has 0 aromatic rings. The first kappa shape index (κ1) is 18.6.